The molecule has 0 amide bonds. The maximum atomic E-state index is 11.3. The van der Waals surface area contributed by atoms with Gasteiger partial charge in [-0.2, -0.15) is 0 Å². The second-order valence-corrected chi connectivity index (χ2v) is 4.56. The normalized spacial score (nSPS) is 11.0. The fourth-order valence-electron chi connectivity index (χ4n) is 1.66. The molecule has 0 aromatic rings. The van der Waals surface area contributed by atoms with E-state index in [1.807, 2.05) is 6.08 Å². The highest BCUT2D eigenvalue weighted by Crippen LogP contribution is 2.07. The zero-order chi connectivity index (χ0) is 14.7. The van der Waals surface area contributed by atoms with E-state index in [0.29, 0.717) is 12.2 Å². The molecule has 108 valence electrons. The first kappa shape index (κ1) is 17.5. The Morgan fingerprint density at radius 3 is 2.53 bits per heavy atom. The highest BCUT2D eigenvalue weighted by atomic mass is 16.5. The summed E-state index contributed by atoms with van der Waals surface area (Å²) >= 11 is 0. The number of carbonyl (C=O) groups is 1. The number of hydrogen-bond donors (Lipinski definition) is 0. The SMILES string of the molecule is C=CCCC/C=C(\C)N(CC)CCOC(=O)C(=C)C. The van der Waals surface area contributed by atoms with Crippen molar-refractivity contribution in [2.45, 2.75) is 40.0 Å². The van der Waals surface area contributed by atoms with Crippen LogP contribution in [0.25, 0.3) is 0 Å². The van der Waals surface area contributed by atoms with Crippen LogP contribution in [0.1, 0.15) is 40.0 Å². The first-order valence-corrected chi connectivity index (χ1v) is 6.88. The van der Waals surface area contributed by atoms with Crippen molar-refractivity contribution in [1.29, 1.82) is 0 Å². The van der Waals surface area contributed by atoms with E-state index in [2.05, 4.69) is 38.0 Å². The third-order valence-electron chi connectivity index (χ3n) is 2.88. The van der Waals surface area contributed by atoms with E-state index in [-0.39, 0.29) is 5.97 Å². The number of nitrogens with zero attached hydrogens (tertiary/aromatic N) is 1. The second-order valence-electron chi connectivity index (χ2n) is 4.56. The van der Waals surface area contributed by atoms with Gasteiger partial charge >= 0.3 is 5.97 Å². The number of likely N-dealkylation sites (N-methyl/N-ethyl adjacent to an activating group) is 1. The van der Waals surface area contributed by atoms with Crippen molar-refractivity contribution in [3.8, 4) is 0 Å². The van der Waals surface area contributed by atoms with Crippen molar-refractivity contribution in [3.05, 3.63) is 36.6 Å². The third kappa shape index (κ3) is 8.25. The molecule has 3 nitrogen and oxygen atoms in total. The molecule has 0 atom stereocenters. The molecular weight excluding hydrogens is 238 g/mol. The standard InChI is InChI=1S/C16H27NO2/c1-6-8-9-10-11-15(5)17(7-2)12-13-19-16(18)14(3)4/h6,11H,1,3,7-10,12-13H2,2,4-5H3/b15-11+. The minimum Gasteiger partial charge on any atom is -0.460 e. The molecule has 0 aromatic heterocycles. The van der Waals surface area contributed by atoms with Crippen LogP contribution in [0.2, 0.25) is 0 Å². The highest BCUT2D eigenvalue weighted by molar-refractivity contribution is 5.86. The number of hydrogen-bond acceptors (Lipinski definition) is 3. The Balaban J connectivity index is 4.07. The van der Waals surface area contributed by atoms with E-state index in [4.69, 9.17) is 4.74 Å². The Bertz CT molecular complexity index is 332. The van der Waals surface area contributed by atoms with Crippen LogP contribution in [0.15, 0.2) is 36.6 Å². The predicted molar refractivity (Wildman–Crippen MR) is 80.8 cm³/mol. The van der Waals surface area contributed by atoms with Crippen molar-refractivity contribution >= 4 is 5.97 Å². The smallest absolute Gasteiger partial charge is 0.333 e. The molecule has 0 saturated heterocycles. The summed E-state index contributed by atoms with van der Waals surface area (Å²) in [5, 5.41) is 0. The fraction of sp³-hybridized carbons (Fsp3) is 0.562. The van der Waals surface area contributed by atoms with Gasteiger partial charge in [-0.15, -0.1) is 6.58 Å². The summed E-state index contributed by atoms with van der Waals surface area (Å²) < 4.78 is 5.11. The van der Waals surface area contributed by atoms with Gasteiger partial charge in [-0.3, -0.25) is 0 Å². The van der Waals surface area contributed by atoms with Crippen LogP contribution < -0.4 is 0 Å². The molecule has 0 fully saturated rings. The number of rotatable bonds is 10. The van der Waals surface area contributed by atoms with E-state index >= 15 is 0 Å². The minimum absolute atomic E-state index is 0.316. The molecule has 0 spiro atoms. The van der Waals surface area contributed by atoms with Crippen LogP contribution in [0.3, 0.4) is 0 Å². The first-order valence-electron chi connectivity index (χ1n) is 6.88. The van der Waals surface area contributed by atoms with E-state index in [1.54, 1.807) is 6.92 Å². The molecule has 0 bridgehead atoms. The minimum atomic E-state index is -0.316. The van der Waals surface area contributed by atoms with E-state index in [9.17, 15) is 4.79 Å². The molecule has 0 aliphatic carbocycles. The highest BCUT2D eigenvalue weighted by Gasteiger charge is 2.06. The number of ether oxygens (including phenoxy) is 1. The predicted octanol–water partition coefficient (Wildman–Crippen LogP) is 3.69. The van der Waals surface area contributed by atoms with Gasteiger partial charge in [-0.05, 0) is 40.0 Å². The molecule has 0 radical (unpaired) electrons. The lowest BCUT2D eigenvalue weighted by Crippen LogP contribution is -2.26. The number of unbranched alkanes of at least 4 members (excludes halogenated alkanes) is 2. The van der Waals surface area contributed by atoms with Crippen LogP contribution in [0, 0.1) is 0 Å². The van der Waals surface area contributed by atoms with Gasteiger partial charge in [0, 0.05) is 17.8 Å². The average molecular weight is 265 g/mol. The summed E-state index contributed by atoms with van der Waals surface area (Å²) in [7, 11) is 0. The molecule has 0 unspecified atom stereocenters. The monoisotopic (exact) mass is 265 g/mol. The quantitative estimate of drug-likeness (QED) is 0.261. The molecule has 0 rings (SSSR count). The zero-order valence-corrected chi connectivity index (χ0v) is 12.6. The molecule has 0 aliphatic heterocycles. The fourth-order valence-corrected chi connectivity index (χ4v) is 1.66. The Labute approximate surface area is 117 Å². The first-order chi connectivity index (χ1) is 9.02. The zero-order valence-electron chi connectivity index (χ0n) is 12.6. The van der Waals surface area contributed by atoms with Gasteiger partial charge in [-0.1, -0.05) is 18.7 Å². The maximum absolute atomic E-state index is 11.3. The molecule has 0 heterocycles. The summed E-state index contributed by atoms with van der Waals surface area (Å²) in [6.07, 6.45) is 7.40. The Kier molecular flexibility index (Phi) is 9.59. The molecule has 19 heavy (non-hydrogen) atoms. The Morgan fingerprint density at radius 1 is 1.32 bits per heavy atom. The van der Waals surface area contributed by atoms with Gasteiger partial charge in [-0.25, -0.2) is 4.79 Å². The van der Waals surface area contributed by atoms with Crippen LogP contribution in [-0.2, 0) is 9.53 Å². The number of esters is 1. The van der Waals surface area contributed by atoms with Gasteiger partial charge in [0.25, 0.3) is 0 Å². The summed E-state index contributed by atoms with van der Waals surface area (Å²) in [4.78, 5) is 13.5. The van der Waals surface area contributed by atoms with Gasteiger partial charge in [0.15, 0.2) is 0 Å². The van der Waals surface area contributed by atoms with Crippen molar-refractivity contribution in [1.82, 2.24) is 4.90 Å². The third-order valence-corrected chi connectivity index (χ3v) is 2.88. The van der Waals surface area contributed by atoms with Gasteiger partial charge in [0.1, 0.15) is 6.61 Å². The average Bonchev–Trinajstić information content (AvgIpc) is 2.39. The molecule has 0 N–H and O–H groups in total. The molecular formula is C16H27NO2. The Hall–Kier alpha value is -1.51. The summed E-state index contributed by atoms with van der Waals surface area (Å²) in [6.45, 7) is 15.2. The van der Waals surface area contributed by atoms with Crippen molar-refractivity contribution in [2.75, 3.05) is 19.7 Å². The van der Waals surface area contributed by atoms with Gasteiger partial charge < -0.3 is 9.64 Å². The largest absolute Gasteiger partial charge is 0.460 e. The van der Waals surface area contributed by atoms with E-state index < -0.39 is 0 Å². The van der Waals surface area contributed by atoms with Crippen molar-refractivity contribution in [3.63, 3.8) is 0 Å². The van der Waals surface area contributed by atoms with Crippen LogP contribution in [0.4, 0.5) is 0 Å². The maximum Gasteiger partial charge on any atom is 0.333 e. The van der Waals surface area contributed by atoms with Gasteiger partial charge in [0.05, 0.1) is 6.54 Å². The van der Waals surface area contributed by atoms with Crippen LogP contribution in [-0.4, -0.2) is 30.6 Å². The molecule has 0 aromatic carbocycles. The van der Waals surface area contributed by atoms with E-state index in [0.717, 1.165) is 32.4 Å². The molecule has 0 aliphatic rings. The van der Waals surface area contributed by atoms with Gasteiger partial charge in [0.2, 0.25) is 0 Å². The number of carbonyl (C=O) groups excluding carboxylic acids is 1. The van der Waals surface area contributed by atoms with Crippen molar-refractivity contribution in [2.24, 2.45) is 0 Å². The Morgan fingerprint density at radius 2 is 2.00 bits per heavy atom. The summed E-state index contributed by atoms with van der Waals surface area (Å²) in [5.74, 6) is -0.316. The summed E-state index contributed by atoms with van der Waals surface area (Å²) in [6, 6.07) is 0. The number of allylic oxidation sites excluding steroid dienone is 3. The van der Waals surface area contributed by atoms with E-state index in [1.165, 1.54) is 5.70 Å². The van der Waals surface area contributed by atoms with Crippen LogP contribution >= 0.6 is 0 Å². The second kappa shape index (κ2) is 10.4. The lowest BCUT2D eigenvalue weighted by Gasteiger charge is -2.23. The van der Waals surface area contributed by atoms with Crippen molar-refractivity contribution < 1.29 is 9.53 Å². The summed E-state index contributed by atoms with van der Waals surface area (Å²) in [5.41, 5.74) is 1.68. The topological polar surface area (TPSA) is 29.5 Å². The van der Waals surface area contributed by atoms with Crippen LogP contribution in [0.5, 0.6) is 0 Å². The molecule has 0 saturated carbocycles. The molecule has 3 heteroatoms. The lowest BCUT2D eigenvalue weighted by molar-refractivity contribution is -0.139. The lowest BCUT2D eigenvalue weighted by atomic mass is 10.2.